The quantitative estimate of drug-likeness (QED) is 0.177. The van der Waals surface area contributed by atoms with Crippen molar-refractivity contribution in [3.63, 3.8) is 0 Å². The zero-order chi connectivity index (χ0) is 29.0. The van der Waals surface area contributed by atoms with Gasteiger partial charge < -0.3 is 24.8 Å². The van der Waals surface area contributed by atoms with E-state index in [0.29, 0.717) is 10.8 Å². The summed E-state index contributed by atoms with van der Waals surface area (Å²) >= 11 is 12.0. The molecule has 2 heterocycles. The number of anilines is 1. The number of para-hydroxylation sites is 1. The fraction of sp³-hybridized carbons (Fsp3) is 0.435. The summed E-state index contributed by atoms with van der Waals surface area (Å²) < 4.78 is 55.3. The van der Waals surface area contributed by atoms with Crippen molar-refractivity contribution in [3.05, 3.63) is 52.8 Å². The summed E-state index contributed by atoms with van der Waals surface area (Å²) in [4.78, 5) is 25.9. The molecule has 212 valence electrons. The van der Waals surface area contributed by atoms with Crippen LogP contribution in [-0.4, -0.2) is 56.5 Å². The van der Waals surface area contributed by atoms with Crippen molar-refractivity contribution in [3.8, 4) is 17.0 Å². The number of carbonyl (C=O) groups is 1. The molecule has 1 saturated heterocycles. The Morgan fingerprint density at radius 1 is 1.36 bits per heavy atom. The van der Waals surface area contributed by atoms with Crippen LogP contribution in [0.5, 0.6) is 5.75 Å². The van der Waals surface area contributed by atoms with E-state index in [9.17, 15) is 23.7 Å². The fourth-order valence-corrected chi connectivity index (χ4v) is 5.29. The molecule has 3 N–H and O–H groups in total. The molecule has 1 aromatic heterocycles. The Labute approximate surface area is 232 Å². The van der Waals surface area contributed by atoms with Crippen molar-refractivity contribution in [2.75, 3.05) is 12.3 Å². The van der Waals surface area contributed by atoms with Crippen molar-refractivity contribution in [2.24, 2.45) is 0 Å². The first kappa shape index (κ1) is 30.8. The number of aliphatic hydroxyl groups is 1. The van der Waals surface area contributed by atoms with Gasteiger partial charge in [-0.25, -0.2) is 18.5 Å². The summed E-state index contributed by atoms with van der Waals surface area (Å²) in [6, 6.07) is 7.79. The standard InChI is InChI=1S/C23H25Cl2FN3O9P/c1-13(2)35-20(31)14(3)37-39(33,38-15-7-5-4-6-8-15)34-12-17-18(30)23(25,9-10-24)21(36-17)29-11-16(26)19(27)28-22(29)32/h4-8,11,13-14,17-18,21,30H,12H2,1-3H3,(H2,27,28,32)/t14-,17+,18-,21+,23?,39?/m0/s1. The van der Waals surface area contributed by atoms with E-state index in [0.717, 1.165) is 0 Å². The van der Waals surface area contributed by atoms with Gasteiger partial charge in [-0.1, -0.05) is 35.7 Å². The number of carbonyl (C=O) groups excluding carboxylic acids is 1. The Hall–Kier alpha value is -2.69. The average Bonchev–Trinajstić information content (AvgIpc) is 3.10. The second-order valence-electron chi connectivity index (χ2n) is 8.50. The number of halogens is 3. The minimum atomic E-state index is -4.60. The molecular formula is C23H25Cl2FN3O9P. The molecule has 1 aromatic carbocycles. The number of hydrogen-bond acceptors (Lipinski definition) is 11. The fourth-order valence-electron chi connectivity index (χ4n) is 3.41. The number of hydrogen-bond donors (Lipinski definition) is 2. The molecule has 0 aliphatic carbocycles. The molecule has 1 fully saturated rings. The van der Waals surface area contributed by atoms with Crippen LogP contribution in [0.1, 0.15) is 27.0 Å². The molecule has 2 aromatic rings. The lowest BCUT2D eigenvalue weighted by Gasteiger charge is -2.25. The molecule has 16 heteroatoms. The maximum Gasteiger partial charge on any atom is 0.530 e. The van der Waals surface area contributed by atoms with E-state index in [1.165, 1.54) is 19.1 Å². The van der Waals surface area contributed by atoms with Crippen LogP contribution in [0.4, 0.5) is 10.2 Å². The molecular weight excluding hydrogens is 583 g/mol. The molecule has 0 bridgehead atoms. The summed E-state index contributed by atoms with van der Waals surface area (Å²) in [5.74, 6) is -0.167. The van der Waals surface area contributed by atoms with Crippen LogP contribution in [0.3, 0.4) is 0 Å². The zero-order valence-electron chi connectivity index (χ0n) is 20.8. The molecule has 12 nitrogen and oxygen atoms in total. The van der Waals surface area contributed by atoms with Crippen LogP contribution in [0.15, 0.2) is 41.3 Å². The van der Waals surface area contributed by atoms with E-state index in [1.807, 2.05) is 5.38 Å². The smallest absolute Gasteiger partial charge is 0.461 e. The van der Waals surface area contributed by atoms with Crippen LogP contribution in [-0.2, 0) is 27.9 Å². The number of phosphoric acid groups is 1. The first-order valence-electron chi connectivity index (χ1n) is 11.4. The normalized spacial score (nSPS) is 24.9. The van der Waals surface area contributed by atoms with Crippen LogP contribution in [0.2, 0.25) is 0 Å². The first-order valence-corrected chi connectivity index (χ1v) is 13.6. The lowest BCUT2D eigenvalue weighted by molar-refractivity contribution is -0.156. The summed E-state index contributed by atoms with van der Waals surface area (Å²) in [5, 5.41) is 12.9. The predicted molar refractivity (Wildman–Crippen MR) is 137 cm³/mol. The van der Waals surface area contributed by atoms with E-state index in [2.05, 4.69) is 10.9 Å². The number of aliphatic hydroxyl groups excluding tert-OH is 1. The number of benzene rings is 1. The molecule has 1 aliphatic heterocycles. The largest absolute Gasteiger partial charge is 0.530 e. The summed E-state index contributed by atoms with van der Waals surface area (Å²) in [6.45, 7) is 3.80. The Kier molecular flexibility index (Phi) is 10.0. The minimum Gasteiger partial charge on any atom is -0.461 e. The predicted octanol–water partition coefficient (Wildman–Crippen LogP) is 2.96. The Bertz CT molecular complexity index is 1350. The molecule has 1 aliphatic rings. The van der Waals surface area contributed by atoms with Crippen molar-refractivity contribution in [1.82, 2.24) is 9.55 Å². The van der Waals surface area contributed by atoms with E-state index < -0.39 is 73.2 Å². The van der Waals surface area contributed by atoms with E-state index in [4.69, 9.17) is 52.0 Å². The SMILES string of the molecule is CC(C)OC(=O)[C@H](C)OP(=O)(OC[C@H]1O[C@@H](n2cc(F)c(N)nc2=O)C(Cl)(C#CCl)[C@H]1O)Oc1ccccc1. The van der Waals surface area contributed by atoms with Gasteiger partial charge in [0, 0.05) is 5.38 Å². The third-order valence-corrected chi connectivity index (χ3v) is 7.27. The van der Waals surface area contributed by atoms with Gasteiger partial charge in [0.15, 0.2) is 28.8 Å². The number of nitrogens with two attached hydrogens (primary N) is 1. The summed E-state index contributed by atoms with van der Waals surface area (Å²) in [6.07, 6.45) is -6.01. The minimum absolute atomic E-state index is 0.0747. The Morgan fingerprint density at radius 3 is 2.64 bits per heavy atom. The highest BCUT2D eigenvalue weighted by Crippen LogP contribution is 2.52. The van der Waals surface area contributed by atoms with Crippen LogP contribution < -0.4 is 15.9 Å². The van der Waals surface area contributed by atoms with Crippen molar-refractivity contribution in [1.29, 1.82) is 0 Å². The van der Waals surface area contributed by atoms with Gasteiger partial charge in [0.05, 0.1) is 18.9 Å². The summed E-state index contributed by atoms with van der Waals surface area (Å²) in [7, 11) is -4.60. The molecule has 0 saturated carbocycles. The monoisotopic (exact) mass is 607 g/mol. The third-order valence-electron chi connectivity index (χ3n) is 5.20. The lowest BCUT2D eigenvalue weighted by Crippen LogP contribution is -2.43. The molecule has 3 rings (SSSR count). The highest BCUT2D eigenvalue weighted by Gasteiger charge is 2.57. The molecule has 0 radical (unpaired) electrons. The molecule has 0 amide bonds. The van der Waals surface area contributed by atoms with E-state index >= 15 is 0 Å². The van der Waals surface area contributed by atoms with Gasteiger partial charge in [0.2, 0.25) is 0 Å². The maximum absolute atomic E-state index is 14.1. The zero-order valence-corrected chi connectivity index (χ0v) is 23.2. The average molecular weight is 608 g/mol. The lowest BCUT2D eigenvalue weighted by atomic mass is 9.99. The second-order valence-corrected chi connectivity index (χ2v) is 10.9. The van der Waals surface area contributed by atoms with Crippen LogP contribution in [0.25, 0.3) is 0 Å². The van der Waals surface area contributed by atoms with Crippen LogP contribution >= 0.6 is 31.0 Å². The third kappa shape index (κ3) is 7.29. The molecule has 2 unspecified atom stereocenters. The second kappa shape index (κ2) is 12.7. The van der Waals surface area contributed by atoms with Gasteiger partial charge in [0.1, 0.15) is 18.0 Å². The van der Waals surface area contributed by atoms with E-state index in [-0.39, 0.29) is 5.75 Å². The van der Waals surface area contributed by atoms with Crippen molar-refractivity contribution in [2.45, 2.75) is 56.3 Å². The highest BCUT2D eigenvalue weighted by atomic mass is 35.5. The van der Waals surface area contributed by atoms with Crippen LogP contribution in [0, 0.1) is 17.1 Å². The number of nitrogens with zero attached hydrogens (tertiary/aromatic N) is 2. The number of aromatic nitrogens is 2. The first-order chi connectivity index (χ1) is 18.3. The highest BCUT2D eigenvalue weighted by molar-refractivity contribution is 7.49. The number of esters is 1. The summed E-state index contributed by atoms with van der Waals surface area (Å²) in [5.41, 5.74) is 4.27. The van der Waals surface area contributed by atoms with Gasteiger partial charge in [-0.2, -0.15) is 4.98 Å². The molecule has 6 atom stereocenters. The number of nitrogen functional groups attached to an aromatic ring is 1. The van der Waals surface area contributed by atoms with Gasteiger partial charge in [-0.15, -0.1) is 0 Å². The Morgan fingerprint density at radius 2 is 2.03 bits per heavy atom. The van der Waals surface area contributed by atoms with Gasteiger partial charge in [-0.05, 0) is 44.5 Å². The molecule has 39 heavy (non-hydrogen) atoms. The number of rotatable bonds is 10. The number of alkyl halides is 1. The van der Waals surface area contributed by atoms with Crippen molar-refractivity contribution >= 4 is 42.8 Å². The van der Waals surface area contributed by atoms with Gasteiger partial charge in [-0.3, -0.25) is 13.6 Å². The number of phosphoric ester groups is 1. The van der Waals surface area contributed by atoms with E-state index in [1.54, 1.807) is 32.0 Å². The van der Waals surface area contributed by atoms with Crippen molar-refractivity contribution < 1.29 is 41.9 Å². The van der Waals surface area contributed by atoms with Gasteiger partial charge >= 0.3 is 19.5 Å². The topological polar surface area (TPSA) is 161 Å². The number of ether oxygens (including phenoxy) is 2. The Balaban J connectivity index is 1.88. The maximum atomic E-state index is 14.1. The van der Waals surface area contributed by atoms with Gasteiger partial charge in [0.25, 0.3) is 0 Å². The molecule has 0 spiro atoms.